The molecule has 0 bridgehead atoms. The normalized spacial score (nSPS) is 17.7. The van der Waals surface area contributed by atoms with E-state index in [9.17, 15) is 21.2 Å². The Morgan fingerprint density at radius 3 is 2.42 bits per heavy atom. The first-order valence-corrected chi connectivity index (χ1v) is 11.6. The Morgan fingerprint density at radius 1 is 1.08 bits per heavy atom. The molecule has 26 heavy (non-hydrogen) atoms. The number of hydrogen-bond acceptors (Lipinski definition) is 4. The first kappa shape index (κ1) is 19.0. The predicted octanol–water partition coefficient (Wildman–Crippen LogP) is 2.63. The first-order chi connectivity index (χ1) is 12.2. The van der Waals surface area contributed by atoms with E-state index in [0.29, 0.717) is 24.0 Å². The maximum Gasteiger partial charge on any atom is 0.208 e. The minimum Gasteiger partial charge on any atom is -0.219 e. The van der Waals surface area contributed by atoms with Crippen LogP contribution in [0.1, 0.15) is 29.9 Å². The molecule has 0 spiro atoms. The molecule has 0 aromatic heterocycles. The average molecular weight is 397 g/mol. The lowest BCUT2D eigenvalue weighted by Crippen LogP contribution is -2.29. The van der Waals surface area contributed by atoms with Crippen LogP contribution < -0.4 is 4.72 Å². The fraction of sp³-hybridized carbons (Fsp3) is 0.333. The van der Waals surface area contributed by atoms with Gasteiger partial charge in [-0.15, -0.1) is 0 Å². The van der Waals surface area contributed by atoms with E-state index in [0.717, 1.165) is 18.7 Å². The maximum atomic E-state index is 14.8. The van der Waals surface area contributed by atoms with E-state index in [-0.39, 0.29) is 22.3 Å². The fourth-order valence-electron chi connectivity index (χ4n) is 3.34. The van der Waals surface area contributed by atoms with Crippen molar-refractivity contribution in [2.75, 3.05) is 12.8 Å². The van der Waals surface area contributed by atoms with Gasteiger partial charge >= 0.3 is 0 Å². The SMILES string of the molecule is CS(=O)(=O)NCC1CCCc2cc(S(=O)(=O)c3ccccc3)cc(F)c21. The lowest BCUT2D eigenvalue weighted by Gasteiger charge is -2.26. The number of aryl methyl sites for hydroxylation is 1. The molecule has 1 unspecified atom stereocenters. The van der Waals surface area contributed by atoms with E-state index in [4.69, 9.17) is 0 Å². The van der Waals surface area contributed by atoms with Crippen molar-refractivity contribution in [1.82, 2.24) is 4.72 Å². The molecule has 5 nitrogen and oxygen atoms in total. The molecule has 1 atom stereocenters. The van der Waals surface area contributed by atoms with Crippen LogP contribution in [0, 0.1) is 5.82 Å². The van der Waals surface area contributed by atoms with Gasteiger partial charge in [-0.1, -0.05) is 18.2 Å². The molecule has 0 amide bonds. The van der Waals surface area contributed by atoms with Crippen LogP contribution in [-0.4, -0.2) is 29.6 Å². The Labute approximate surface area is 153 Å². The topological polar surface area (TPSA) is 80.3 Å². The van der Waals surface area contributed by atoms with Gasteiger partial charge in [0.05, 0.1) is 16.0 Å². The fourth-order valence-corrected chi connectivity index (χ4v) is 5.19. The summed E-state index contributed by atoms with van der Waals surface area (Å²) in [6.07, 6.45) is 3.02. The van der Waals surface area contributed by atoms with Crippen LogP contribution in [0.3, 0.4) is 0 Å². The zero-order valence-corrected chi connectivity index (χ0v) is 15.9. The van der Waals surface area contributed by atoms with Crippen LogP contribution >= 0.6 is 0 Å². The summed E-state index contributed by atoms with van der Waals surface area (Å²) in [4.78, 5) is 0.0436. The smallest absolute Gasteiger partial charge is 0.208 e. The third kappa shape index (κ3) is 3.97. The van der Waals surface area contributed by atoms with Gasteiger partial charge in [-0.3, -0.25) is 0 Å². The molecule has 3 rings (SSSR count). The number of nitrogens with one attached hydrogen (secondary N) is 1. The van der Waals surface area contributed by atoms with Crippen LogP contribution in [0.2, 0.25) is 0 Å². The van der Waals surface area contributed by atoms with Crippen molar-refractivity contribution in [2.45, 2.75) is 35.0 Å². The highest BCUT2D eigenvalue weighted by molar-refractivity contribution is 7.91. The van der Waals surface area contributed by atoms with Crippen molar-refractivity contribution in [3.8, 4) is 0 Å². The third-order valence-electron chi connectivity index (χ3n) is 4.55. The number of sulfonamides is 1. The van der Waals surface area contributed by atoms with E-state index in [1.165, 1.54) is 18.2 Å². The maximum absolute atomic E-state index is 14.8. The summed E-state index contributed by atoms with van der Waals surface area (Å²) in [5, 5.41) is 0. The molecule has 0 fully saturated rings. The van der Waals surface area contributed by atoms with E-state index < -0.39 is 25.7 Å². The number of sulfone groups is 1. The van der Waals surface area contributed by atoms with Gasteiger partial charge in [-0.05, 0) is 54.7 Å². The number of fused-ring (bicyclic) bond motifs is 1. The molecule has 0 radical (unpaired) electrons. The molecule has 1 aliphatic carbocycles. The molecule has 2 aromatic rings. The molecular weight excluding hydrogens is 377 g/mol. The van der Waals surface area contributed by atoms with Gasteiger partial charge < -0.3 is 0 Å². The molecule has 0 saturated carbocycles. The van der Waals surface area contributed by atoms with E-state index in [2.05, 4.69) is 4.72 Å². The zero-order chi connectivity index (χ0) is 18.9. The number of hydrogen-bond donors (Lipinski definition) is 1. The highest BCUT2D eigenvalue weighted by Gasteiger charge is 2.28. The van der Waals surface area contributed by atoms with Crippen molar-refractivity contribution in [2.24, 2.45) is 0 Å². The second kappa shape index (κ2) is 7.09. The molecule has 0 heterocycles. The number of halogens is 1. The summed E-state index contributed by atoms with van der Waals surface area (Å²) in [5.74, 6) is -0.904. The third-order valence-corrected chi connectivity index (χ3v) is 6.99. The average Bonchev–Trinajstić information content (AvgIpc) is 2.59. The van der Waals surface area contributed by atoms with Gasteiger partial charge in [0.1, 0.15) is 5.82 Å². The van der Waals surface area contributed by atoms with Crippen LogP contribution in [-0.2, 0) is 26.3 Å². The summed E-state index contributed by atoms with van der Waals surface area (Å²) >= 11 is 0. The van der Waals surface area contributed by atoms with Crippen molar-refractivity contribution < 1.29 is 21.2 Å². The van der Waals surface area contributed by atoms with Crippen molar-refractivity contribution >= 4 is 19.9 Å². The number of benzene rings is 2. The second-order valence-electron chi connectivity index (χ2n) is 6.50. The van der Waals surface area contributed by atoms with Crippen molar-refractivity contribution in [1.29, 1.82) is 0 Å². The van der Waals surface area contributed by atoms with E-state index in [1.807, 2.05) is 0 Å². The van der Waals surface area contributed by atoms with E-state index >= 15 is 0 Å². The van der Waals surface area contributed by atoms with Crippen LogP contribution in [0.5, 0.6) is 0 Å². The Bertz CT molecular complexity index is 1020. The number of rotatable bonds is 5. The largest absolute Gasteiger partial charge is 0.219 e. The van der Waals surface area contributed by atoms with E-state index in [1.54, 1.807) is 18.2 Å². The van der Waals surface area contributed by atoms with Gasteiger partial charge in [0.25, 0.3) is 0 Å². The predicted molar refractivity (Wildman–Crippen MR) is 96.8 cm³/mol. The molecule has 0 saturated heterocycles. The first-order valence-electron chi connectivity index (χ1n) is 8.25. The molecule has 1 N–H and O–H groups in total. The van der Waals surface area contributed by atoms with Crippen LogP contribution in [0.15, 0.2) is 52.3 Å². The highest BCUT2D eigenvalue weighted by atomic mass is 32.2. The summed E-state index contributed by atoms with van der Waals surface area (Å²) in [5.41, 5.74) is 1.05. The second-order valence-corrected chi connectivity index (χ2v) is 10.3. The Kier molecular flexibility index (Phi) is 5.18. The van der Waals surface area contributed by atoms with Crippen LogP contribution in [0.25, 0.3) is 0 Å². The summed E-state index contributed by atoms with van der Waals surface area (Å²) in [7, 11) is -7.17. The van der Waals surface area contributed by atoms with Gasteiger partial charge in [0.15, 0.2) is 0 Å². The lowest BCUT2D eigenvalue weighted by molar-refractivity contribution is 0.495. The van der Waals surface area contributed by atoms with Gasteiger partial charge in [-0.25, -0.2) is 25.9 Å². The summed E-state index contributed by atoms with van der Waals surface area (Å²) in [6, 6.07) is 10.5. The standard InChI is InChI=1S/C18H20FNO4S2/c1-25(21,22)20-12-14-7-5-6-13-10-16(11-17(19)18(13)14)26(23,24)15-8-3-2-4-9-15/h2-4,8-11,14,20H,5-7,12H2,1H3. The van der Waals surface area contributed by atoms with Gasteiger partial charge in [-0.2, -0.15) is 0 Å². The molecule has 1 aliphatic rings. The Morgan fingerprint density at radius 2 is 1.77 bits per heavy atom. The minimum atomic E-state index is -3.80. The monoisotopic (exact) mass is 397 g/mol. The summed E-state index contributed by atoms with van der Waals surface area (Å²) < 4.78 is 65.4. The quantitative estimate of drug-likeness (QED) is 0.841. The molecular formula is C18H20FNO4S2. The highest BCUT2D eigenvalue weighted by Crippen LogP contribution is 2.36. The zero-order valence-electron chi connectivity index (χ0n) is 14.3. The van der Waals surface area contributed by atoms with Crippen molar-refractivity contribution in [3.05, 3.63) is 59.4 Å². The Balaban J connectivity index is 2.00. The molecule has 2 aromatic carbocycles. The molecule has 140 valence electrons. The molecule has 0 aliphatic heterocycles. The Hall–Kier alpha value is -1.77. The minimum absolute atomic E-state index is 0.0725. The van der Waals surface area contributed by atoms with Crippen molar-refractivity contribution in [3.63, 3.8) is 0 Å². The summed E-state index contributed by atoms with van der Waals surface area (Å²) in [6.45, 7) is 0.105. The molecule has 8 heteroatoms. The van der Waals surface area contributed by atoms with Gasteiger partial charge in [0.2, 0.25) is 19.9 Å². The van der Waals surface area contributed by atoms with Gasteiger partial charge in [0, 0.05) is 12.5 Å². The lowest BCUT2D eigenvalue weighted by atomic mass is 9.82. The van der Waals surface area contributed by atoms with Crippen LogP contribution in [0.4, 0.5) is 4.39 Å².